The fourth-order valence-corrected chi connectivity index (χ4v) is 4.26. The van der Waals surface area contributed by atoms with Crippen molar-refractivity contribution in [3.8, 4) is 0 Å². The molecule has 0 bridgehead atoms. The summed E-state index contributed by atoms with van der Waals surface area (Å²) in [5, 5.41) is 2.87. The lowest BCUT2D eigenvalue weighted by Crippen LogP contribution is -2.26. The van der Waals surface area contributed by atoms with Crippen molar-refractivity contribution in [1.29, 1.82) is 0 Å². The highest BCUT2D eigenvalue weighted by Crippen LogP contribution is 2.22. The molecule has 2 rings (SSSR count). The second kappa shape index (κ2) is 5.46. The van der Waals surface area contributed by atoms with Gasteiger partial charge in [0.2, 0.25) is 0 Å². The van der Waals surface area contributed by atoms with Crippen molar-refractivity contribution in [3.63, 3.8) is 0 Å². The van der Waals surface area contributed by atoms with Crippen LogP contribution in [0.1, 0.15) is 24.0 Å². The zero-order valence-corrected chi connectivity index (χ0v) is 12.5. The predicted octanol–water partition coefficient (Wildman–Crippen LogP) is 1.62. The van der Waals surface area contributed by atoms with Crippen LogP contribution in [0.2, 0.25) is 0 Å². The molecular formula is C13H18N2O2S2. The van der Waals surface area contributed by atoms with Gasteiger partial charge in [-0.15, -0.1) is 0 Å². The number of aryl methyl sites for hydroxylation is 1. The smallest absolute Gasteiger partial charge is 0.154 e. The number of sulfone groups is 1. The van der Waals surface area contributed by atoms with E-state index in [9.17, 15) is 8.42 Å². The molecule has 0 aliphatic carbocycles. The lowest BCUT2D eigenvalue weighted by molar-refractivity contribution is 0.591. The van der Waals surface area contributed by atoms with Gasteiger partial charge >= 0.3 is 0 Å². The van der Waals surface area contributed by atoms with Crippen LogP contribution in [0.15, 0.2) is 18.2 Å². The molecule has 6 heteroatoms. The summed E-state index contributed by atoms with van der Waals surface area (Å²) in [6.07, 6.45) is 1.48. The first-order chi connectivity index (χ1) is 8.90. The van der Waals surface area contributed by atoms with Crippen molar-refractivity contribution in [2.75, 3.05) is 17.6 Å². The molecule has 1 saturated heterocycles. The Labute approximate surface area is 119 Å². The van der Waals surface area contributed by atoms with Gasteiger partial charge in [-0.2, -0.15) is 0 Å². The summed E-state index contributed by atoms with van der Waals surface area (Å²) < 4.78 is 23.5. The third-order valence-electron chi connectivity index (χ3n) is 3.42. The quantitative estimate of drug-likeness (QED) is 0.826. The van der Waals surface area contributed by atoms with E-state index >= 15 is 0 Å². The SMILES string of the molecule is Cc1ccc(NCC2CCCS2(=O)=O)c(C(N)=S)c1. The minimum Gasteiger partial charge on any atom is -0.389 e. The second-order valence-corrected chi connectivity index (χ2v) is 7.77. The van der Waals surface area contributed by atoms with Gasteiger partial charge in [0, 0.05) is 17.8 Å². The molecule has 1 aromatic rings. The lowest BCUT2D eigenvalue weighted by Gasteiger charge is -2.15. The predicted molar refractivity (Wildman–Crippen MR) is 82.4 cm³/mol. The fraction of sp³-hybridized carbons (Fsp3) is 0.462. The highest BCUT2D eigenvalue weighted by atomic mass is 32.2. The van der Waals surface area contributed by atoms with E-state index in [4.69, 9.17) is 18.0 Å². The summed E-state index contributed by atoms with van der Waals surface area (Å²) in [6, 6.07) is 5.76. The largest absolute Gasteiger partial charge is 0.389 e. The summed E-state index contributed by atoms with van der Waals surface area (Å²) >= 11 is 5.02. The van der Waals surface area contributed by atoms with Gasteiger partial charge in [-0.1, -0.05) is 23.8 Å². The molecule has 0 spiro atoms. The molecule has 1 fully saturated rings. The van der Waals surface area contributed by atoms with Crippen LogP contribution < -0.4 is 11.1 Å². The van der Waals surface area contributed by atoms with E-state index in [2.05, 4.69) is 5.32 Å². The number of thiocarbonyl (C=S) groups is 1. The molecule has 1 aliphatic rings. The Morgan fingerprint density at radius 3 is 2.84 bits per heavy atom. The van der Waals surface area contributed by atoms with Crippen molar-refractivity contribution in [1.82, 2.24) is 0 Å². The average molecular weight is 298 g/mol. The van der Waals surface area contributed by atoms with Gasteiger partial charge in [-0.3, -0.25) is 0 Å². The van der Waals surface area contributed by atoms with Gasteiger partial charge in [0.05, 0.1) is 11.0 Å². The zero-order valence-electron chi connectivity index (χ0n) is 10.8. The summed E-state index contributed by atoms with van der Waals surface area (Å²) in [5.41, 5.74) is 8.34. The molecule has 0 radical (unpaired) electrons. The molecule has 1 atom stereocenters. The van der Waals surface area contributed by atoms with Crippen LogP contribution in [0.5, 0.6) is 0 Å². The number of hydrogen-bond acceptors (Lipinski definition) is 4. The molecule has 0 amide bonds. The van der Waals surface area contributed by atoms with Gasteiger partial charge in [0.15, 0.2) is 9.84 Å². The van der Waals surface area contributed by atoms with Crippen molar-refractivity contribution in [3.05, 3.63) is 29.3 Å². The number of hydrogen-bond donors (Lipinski definition) is 2. The van der Waals surface area contributed by atoms with Crippen LogP contribution in [-0.4, -0.2) is 31.0 Å². The first-order valence-electron chi connectivity index (χ1n) is 6.26. The Morgan fingerprint density at radius 1 is 1.53 bits per heavy atom. The summed E-state index contributed by atoms with van der Waals surface area (Å²) in [4.78, 5) is 0.320. The molecule has 1 aliphatic heterocycles. The van der Waals surface area contributed by atoms with Crippen LogP contribution in [0, 0.1) is 6.92 Å². The second-order valence-electron chi connectivity index (χ2n) is 4.93. The molecular weight excluding hydrogens is 280 g/mol. The molecule has 0 aromatic heterocycles. The molecule has 19 heavy (non-hydrogen) atoms. The lowest BCUT2D eigenvalue weighted by atomic mass is 10.1. The Hall–Kier alpha value is -1.14. The van der Waals surface area contributed by atoms with E-state index in [-0.39, 0.29) is 5.25 Å². The molecule has 1 heterocycles. The van der Waals surface area contributed by atoms with Crippen LogP contribution in [0.25, 0.3) is 0 Å². The van der Waals surface area contributed by atoms with Crippen LogP contribution >= 0.6 is 12.2 Å². The van der Waals surface area contributed by atoms with Gasteiger partial charge in [0.25, 0.3) is 0 Å². The van der Waals surface area contributed by atoms with E-state index in [1.54, 1.807) is 0 Å². The van der Waals surface area contributed by atoms with Gasteiger partial charge in [-0.25, -0.2) is 8.42 Å². The van der Waals surface area contributed by atoms with Gasteiger partial charge in [-0.05, 0) is 31.9 Å². The van der Waals surface area contributed by atoms with Gasteiger partial charge < -0.3 is 11.1 Å². The third-order valence-corrected chi connectivity index (χ3v) is 5.92. The van der Waals surface area contributed by atoms with Crippen molar-refractivity contribution in [2.24, 2.45) is 5.73 Å². The highest BCUT2D eigenvalue weighted by molar-refractivity contribution is 7.92. The monoisotopic (exact) mass is 298 g/mol. The Morgan fingerprint density at radius 2 is 2.26 bits per heavy atom. The van der Waals surface area contributed by atoms with E-state index in [0.29, 0.717) is 17.3 Å². The third kappa shape index (κ3) is 3.25. The van der Waals surface area contributed by atoms with Crippen LogP contribution in [0.4, 0.5) is 5.69 Å². The highest BCUT2D eigenvalue weighted by Gasteiger charge is 2.30. The van der Waals surface area contributed by atoms with Crippen LogP contribution in [0.3, 0.4) is 0 Å². The van der Waals surface area contributed by atoms with Crippen molar-refractivity contribution < 1.29 is 8.42 Å². The summed E-state index contributed by atoms with van der Waals surface area (Å²) in [7, 11) is -2.93. The Kier molecular flexibility index (Phi) is 4.10. The number of anilines is 1. The Balaban J connectivity index is 2.14. The molecule has 3 N–H and O–H groups in total. The molecule has 1 aromatic carbocycles. The van der Waals surface area contributed by atoms with E-state index in [1.165, 1.54) is 0 Å². The molecule has 104 valence electrons. The number of rotatable bonds is 4. The van der Waals surface area contributed by atoms with E-state index < -0.39 is 9.84 Å². The minimum atomic E-state index is -2.93. The zero-order chi connectivity index (χ0) is 14.0. The van der Waals surface area contributed by atoms with Crippen molar-refractivity contribution in [2.45, 2.75) is 25.0 Å². The average Bonchev–Trinajstić information content (AvgIpc) is 2.66. The molecule has 4 nitrogen and oxygen atoms in total. The normalized spacial score (nSPS) is 21.2. The number of nitrogens with two attached hydrogens (primary N) is 1. The fourth-order valence-electron chi connectivity index (χ4n) is 2.33. The molecule has 0 saturated carbocycles. The maximum absolute atomic E-state index is 11.8. The summed E-state index contributed by atoms with van der Waals surface area (Å²) in [5.74, 6) is 0.301. The maximum atomic E-state index is 11.8. The minimum absolute atomic E-state index is 0.298. The van der Waals surface area contributed by atoms with Crippen LogP contribution in [-0.2, 0) is 9.84 Å². The maximum Gasteiger partial charge on any atom is 0.154 e. The Bertz CT molecular complexity index is 597. The van der Waals surface area contributed by atoms with E-state index in [1.807, 2.05) is 25.1 Å². The number of benzene rings is 1. The number of nitrogens with one attached hydrogen (secondary N) is 1. The van der Waals surface area contributed by atoms with Crippen molar-refractivity contribution >= 4 is 32.7 Å². The topological polar surface area (TPSA) is 72.2 Å². The van der Waals surface area contributed by atoms with E-state index in [0.717, 1.165) is 29.7 Å². The first-order valence-corrected chi connectivity index (χ1v) is 8.38. The first kappa shape index (κ1) is 14.3. The standard InChI is InChI=1S/C13H18N2O2S2/c1-9-4-5-12(11(7-9)13(14)18)15-8-10-3-2-6-19(10,16)17/h4-5,7,10,15H,2-3,6,8H2,1H3,(H2,14,18). The summed E-state index contributed by atoms with van der Waals surface area (Å²) in [6.45, 7) is 2.38. The molecule has 1 unspecified atom stereocenters. The van der Waals surface area contributed by atoms with Gasteiger partial charge in [0.1, 0.15) is 4.99 Å².